The van der Waals surface area contributed by atoms with Crippen LogP contribution >= 0.6 is 22.9 Å². The molecule has 0 radical (unpaired) electrons. The standard InChI is InChI=1S/C8H9IN2/c9-11-5-4-6-7(10)2-1-3-8(6)11/h1-3H,4-5,10H2. The van der Waals surface area contributed by atoms with Crippen LogP contribution in [0, 0.1) is 0 Å². The van der Waals surface area contributed by atoms with Crippen LogP contribution in [0.3, 0.4) is 0 Å². The van der Waals surface area contributed by atoms with Gasteiger partial charge in [0.15, 0.2) is 0 Å². The Hall–Kier alpha value is -0.450. The summed E-state index contributed by atoms with van der Waals surface area (Å²) in [7, 11) is 0. The molecule has 1 heterocycles. The molecule has 0 atom stereocenters. The summed E-state index contributed by atoms with van der Waals surface area (Å²) in [6.45, 7) is 1.09. The summed E-state index contributed by atoms with van der Waals surface area (Å²) in [5.74, 6) is 0. The number of halogens is 1. The summed E-state index contributed by atoms with van der Waals surface area (Å²) in [4.78, 5) is 0. The molecule has 1 aliphatic heterocycles. The Kier molecular flexibility index (Phi) is 1.67. The molecule has 0 saturated carbocycles. The number of nitrogens with two attached hydrogens (primary N) is 1. The van der Waals surface area contributed by atoms with Gasteiger partial charge in [0.05, 0.1) is 28.6 Å². The number of nitrogen functional groups attached to an aromatic ring is 1. The lowest BCUT2D eigenvalue weighted by Crippen LogP contribution is -2.02. The number of rotatable bonds is 0. The van der Waals surface area contributed by atoms with Crippen LogP contribution < -0.4 is 8.85 Å². The van der Waals surface area contributed by atoms with Crippen molar-refractivity contribution < 1.29 is 0 Å². The zero-order valence-electron chi connectivity index (χ0n) is 6.05. The van der Waals surface area contributed by atoms with Gasteiger partial charge in [-0.3, -0.25) is 0 Å². The maximum atomic E-state index is 5.80. The van der Waals surface area contributed by atoms with Crippen LogP contribution in [0.5, 0.6) is 0 Å². The molecule has 0 amide bonds. The highest BCUT2D eigenvalue weighted by molar-refractivity contribution is 14.1. The quantitative estimate of drug-likeness (QED) is 0.439. The van der Waals surface area contributed by atoms with Gasteiger partial charge in [-0.05, 0) is 18.6 Å². The van der Waals surface area contributed by atoms with Crippen LogP contribution in [0.15, 0.2) is 18.2 Å². The number of anilines is 2. The van der Waals surface area contributed by atoms with Crippen LogP contribution in [0.4, 0.5) is 11.4 Å². The Morgan fingerprint density at radius 2 is 2.27 bits per heavy atom. The third-order valence-electron chi connectivity index (χ3n) is 2.01. The molecular formula is C8H9IN2. The zero-order chi connectivity index (χ0) is 7.84. The molecule has 2 nitrogen and oxygen atoms in total. The minimum atomic E-state index is 0.932. The minimum Gasteiger partial charge on any atom is -0.398 e. The number of hydrogen-bond donors (Lipinski definition) is 1. The van der Waals surface area contributed by atoms with Crippen LogP contribution in [0.25, 0.3) is 0 Å². The first kappa shape index (κ1) is 7.21. The molecule has 11 heavy (non-hydrogen) atoms. The summed E-state index contributed by atoms with van der Waals surface area (Å²) in [5, 5.41) is 0. The van der Waals surface area contributed by atoms with Gasteiger partial charge in [0.2, 0.25) is 0 Å². The predicted octanol–water partition coefficient (Wildman–Crippen LogP) is 1.98. The van der Waals surface area contributed by atoms with Crippen molar-refractivity contribution in [3.8, 4) is 0 Å². The Labute approximate surface area is 79.9 Å². The van der Waals surface area contributed by atoms with E-state index >= 15 is 0 Å². The Morgan fingerprint density at radius 1 is 1.45 bits per heavy atom. The molecule has 3 heteroatoms. The highest BCUT2D eigenvalue weighted by Crippen LogP contribution is 2.33. The van der Waals surface area contributed by atoms with Crippen molar-refractivity contribution in [3.63, 3.8) is 0 Å². The lowest BCUT2D eigenvalue weighted by atomic mass is 10.1. The monoisotopic (exact) mass is 260 g/mol. The third-order valence-corrected chi connectivity index (χ3v) is 3.01. The molecule has 1 aliphatic rings. The molecule has 2 N–H and O–H groups in total. The van der Waals surface area contributed by atoms with Crippen molar-refractivity contribution in [3.05, 3.63) is 23.8 Å². The van der Waals surface area contributed by atoms with E-state index in [1.807, 2.05) is 12.1 Å². The van der Waals surface area contributed by atoms with E-state index in [9.17, 15) is 0 Å². The summed E-state index contributed by atoms with van der Waals surface area (Å²) in [5.41, 5.74) is 9.33. The van der Waals surface area contributed by atoms with Crippen molar-refractivity contribution in [2.45, 2.75) is 6.42 Å². The van der Waals surface area contributed by atoms with Gasteiger partial charge in [-0.2, -0.15) is 0 Å². The fourth-order valence-electron chi connectivity index (χ4n) is 1.42. The van der Waals surface area contributed by atoms with Gasteiger partial charge in [0.25, 0.3) is 0 Å². The van der Waals surface area contributed by atoms with Crippen molar-refractivity contribution in [2.75, 3.05) is 15.4 Å². The van der Waals surface area contributed by atoms with E-state index in [4.69, 9.17) is 5.73 Å². The summed E-state index contributed by atoms with van der Waals surface area (Å²) in [6, 6.07) is 6.09. The van der Waals surface area contributed by atoms with E-state index in [1.165, 1.54) is 11.3 Å². The Bertz CT molecular complexity index is 285. The van der Waals surface area contributed by atoms with Crippen molar-refractivity contribution in [1.82, 2.24) is 0 Å². The Morgan fingerprint density at radius 3 is 3.00 bits per heavy atom. The smallest absolute Gasteiger partial charge is 0.0591 e. The first-order chi connectivity index (χ1) is 5.29. The van der Waals surface area contributed by atoms with Crippen molar-refractivity contribution in [1.29, 1.82) is 0 Å². The molecule has 2 rings (SSSR count). The lowest BCUT2D eigenvalue weighted by Gasteiger charge is -2.08. The van der Waals surface area contributed by atoms with Gasteiger partial charge < -0.3 is 8.85 Å². The van der Waals surface area contributed by atoms with Gasteiger partial charge in [-0.25, -0.2) is 0 Å². The summed E-state index contributed by atoms with van der Waals surface area (Å²) in [6.07, 6.45) is 1.09. The highest BCUT2D eigenvalue weighted by atomic mass is 127. The fraction of sp³-hybridized carbons (Fsp3) is 0.250. The molecule has 0 fully saturated rings. The molecule has 1 aromatic carbocycles. The SMILES string of the molecule is Nc1cccc2c1CCN2I. The molecule has 0 aromatic heterocycles. The normalized spacial score (nSPS) is 15.2. The van der Waals surface area contributed by atoms with Gasteiger partial charge in [0.1, 0.15) is 0 Å². The van der Waals surface area contributed by atoms with Crippen molar-refractivity contribution in [2.24, 2.45) is 0 Å². The van der Waals surface area contributed by atoms with Gasteiger partial charge in [0, 0.05) is 17.8 Å². The second-order valence-electron chi connectivity index (χ2n) is 2.68. The number of hydrogen-bond acceptors (Lipinski definition) is 2. The maximum absolute atomic E-state index is 5.80. The number of fused-ring (bicyclic) bond motifs is 1. The maximum Gasteiger partial charge on any atom is 0.0591 e. The molecular weight excluding hydrogens is 251 g/mol. The highest BCUT2D eigenvalue weighted by Gasteiger charge is 2.17. The van der Waals surface area contributed by atoms with Crippen LogP contribution in [0.2, 0.25) is 0 Å². The van der Waals surface area contributed by atoms with E-state index in [-0.39, 0.29) is 0 Å². The van der Waals surface area contributed by atoms with Crippen LogP contribution in [-0.4, -0.2) is 6.54 Å². The first-order valence-corrected chi connectivity index (χ1v) is 4.56. The first-order valence-electron chi connectivity index (χ1n) is 3.60. The zero-order valence-corrected chi connectivity index (χ0v) is 8.21. The van der Waals surface area contributed by atoms with E-state index in [2.05, 4.69) is 32.0 Å². The second kappa shape index (κ2) is 2.55. The largest absolute Gasteiger partial charge is 0.398 e. The molecule has 0 aliphatic carbocycles. The predicted molar refractivity (Wildman–Crippen MR) is 55.9 cm³/mol. The Balaban J connectivity index is 2.57. The fourth-order valence-corrected chi connectivity index (χ4v) is 2.12. The lowest BCUT2D eigenvalue weighted by molar-refractivity contribution is 1.07. The average Bonchev–Trinajstić information content (AvgIpc) is 2.35. The molecule has 58 valence electrons. The van der Waals surface area contributed by atoms with Crippen LogP contribution in [0.1, 0.15) is 5.56 Å². The average molecular weight is 260 g/mol. The number of benzene rings is 1. The van der Waals surface area contributed by atoms with E-state index in [1.54, 1.807) is 0 Å². The van der Waals surface area contributed by atoms with Gasteiger partial charge >= 0.3 is 0 Å². The van der Waals surface area contributed by atoms with E-state index in [0.29, 0.717) is 0 Å². The van der Waals surface area contributed by atoms with Crippen molar-refractivity contribution >= 4 is 34.2 Å². The molecule has 0 bridgehead atoms. The third kappa shape index (κ3) is 1.07. The summed E-state index contributed by atoms with van der Waals surface area (Å²) >= 11 is 2.32. The molecule has 0 spiro atoms. The molecule has 0 saturated heterocycles. The van der Waals surface area contributed by atoms with E-state index < -0.39 is 0 Å². The molecule has 1 aromatic rings. The topological polar surface area (TPSA) is 29.3 Å². The van der Waals surface area contributed by atoms with Gasteiger partial charge in [-0.15, -0.1) is 0 Å². The van der Waals surface area contributed by atoms with Gasteiger partial charge in [-0.1, -0.05) is 6.07 Å². The molecule has 0 unspecified atom stereocenters. The van der Waals surface area contributed by atoms with E-state index in [0.717, 1.165) is 18.7 Å². The minimum absolute atomic E-state index is 0.932. The number of nitrogens with zero attached hydrogens (tertiary/aromatic N) is 1. The van der Waals surface area contributed by atoms with Crippen LogP contribution in [-0.2, 0) is 6.42 Å². The second-order valence-corrected chi connectivity index (χ2v) is 3.85. The summed E-state index contributed by atoms with van der Waals surface area (Å²) < 4.78 is 2.21.